The molecule has 12 nitrogen and oxygen atoms in total. The second-order valence-corrected chi connectivity index (χ2v) is 19.7. The number of carbonyl (C=O) groups is 2. The van der Waals surface area contributed by atoms with E-state index in [4.69, 9.17) is 16.1 Å². The van der Waals surface area contributed by atoms with E-state index in [1.165, 1.54) is 16.0 Å². The first-order valence-electron chi connectivity index (χ1n) is 22.0. The molecule has 6 aromatic rings. The number of fused-ring (bicyclic) bond motifs is 5. The van der Waals surface area contributed by atoms with Crippen LogP contribution in [0.5, 0.6) is 0 Å². The number of benzene rings is 3. The Balaban J connectivity index is 0.932. The lowest BCUT2D eigenvalue weighted by molar-refractivity contribution is -0.141. The Morgan fingerprint density at radius 3 is 2.48 bits per heavy atom. The van der Waals surface area contributed by atoms with Crippen molar-refractivity contribution >= 4 is 45.7 Å². The smallest absolute Gasteiger partial charge is 0.282 e. The molecular formula is C49H54ClN7O5S. The van der Waals surface area contributed by atoms with Gasteiger partial charge in [-0.05, 0) is 112 Å². The largest absolute Gasteiger partial charge is 0.391 e. The maximum Gasteiger partial charge on any atom is 0.282 e. The maximum absolute atomic E-state index is 14.4. The molecule has 4 atom stereocenters. The first kappa shape index (κ1) is 43.1. The summed E-state index contributed by atoms with van der Waals surface area (Å²) < 4.78 is 7.68. The van der Waals surface area contributed by atoms with E-state index in [9.17, 15) is 19.5 Å². The number of aliphatic hydroxyl groups is 1. The van der Waals surface area contributed by atoms with Gasteiger partial charge in [0.2, 0.25) is 11.8 Å². The fraction of sp³-hybridized carbons (Fsp3) is 0.429. The second kappa shape index (κ2) is 17.1. The van der Waals surface area contributed by atoms with Crippen LogP contribution in [0.15, 0.2) is 81.6 Å². The molecule has 0 spiro atoms. The first-order chi connectivity index (χ1) is 30.2. The zero-order valence-electron chi connectivity index (χ0n) is 36.6. The number of aliphatic hydroxyl groups excluding tert-OH is 1. The summed E-state index contributed by atoms with van der Waals surface area (Å²) in [7, 11) is 0. The van der Waals surface area contributed by atoms with Crippen LogP contribution in [0.1, 0.15) is 111 Å². The number of carbonyl (C=O) groups excluding carboxylic acids is 2. The Kier molecular flexibility index (Phi) is 11.7. The van der Waals surface area contributed by atoms with Crippen molar-refractivity contribution < 1.29 is 19.2 Å². The summed E-state index contributed by atoms with van der Waals surface area (Å²) in [5, 5.41) is 19.1. The van der Waals surface area contributed by atoms with E-state index in [-0.39, 0.29) is 42.3 Å². The average molecular weight is 889 g/mol. The number of hydrogen-bond acceptors (Lipinski definition) is 10. The molecule has 6 heterocycles. The van der Waals surface area contributed by atoms with Crippen LogP contribution in [-0.4, -0.2) is 84.7 Å². The van der Waals surface area contributed by atoms with Gasteiger partial charge >= 0.3 is 0 Å². The van der Waals surface area contributed by atoms with Gasteiger partial charge in [-0.25, -0.2) is 4.98 Å². The number of amides is 2. The first-order valence-corrected chi connectivity index (χ1v) is 23.3. The van der Waals surface area contributed by atoms with Crippen molar-refractivity contribution in [3.63, 3.8) is 0 Å². The molecule has 2 amide bonds. The number of nitrogens with zero attached hydrogens (tertiary/aromatic N) is 6. The Morgan fingerprint density at radius 2 is 1.79 bits per heavy atom. The molecule has 9 rings (SSSR count). The van der Waals surface area contributed by atoms with E-state index >= 15 is 0 Å². The fourth-order valence-corrected chi connectivity index (χ4v) is 11.4. The molecular weight excluding hydrogens is 834 g/mol. The van der Waals surface area contributed by atoms with Gasteiger partial charge in [0.05, 0.1) is 60.9 Å². The van der Waals surface area contributed by atoms with Crippen LogP contribution in [0, 0.1) is 19.8 Å². The predicted octanol–water partition coefficient (Wildman–Crippen LogP) is 8.24. The molecule has 2 saturated heterocycles. The number of nitrogens with one attached hydrogen (secondary N) is 1. The summed E-state index contributed by atoms with van der Waals surface area (Å²) in [6.45, 7) is 14.6. The minimum atomic E-state index is -0.832. The maximum atomic E-state index is 14.4. The Bertz CT molecular complexity index is 2750. The molecule has 3 aliphatic heterocycles. The van der Waals surface area contributed by atoms with Gasteiger partial charge in [0.1, 0.15) is 23.5 Å². The van der Waals surface area contributed by atoms with Crippen LogP contribution in [0.3, 0.4) is 0 Å². The second-order valence-electron chi connectivity index (χ2n) is 18.4. The normalized spacial score (nSPS) is 19.7. The summed E-state index contributed by atoms with van der Waals surface area (Å²) in [5.74, 6) is 0.233. The number of aromatic nitrogens is 4. The lowest BCUT2D eigenvalue weighted by Gasteiger charge is -2.35. The number of hydrogen-bond donors (Lipinski definition) is 2. The highest BCUT2D eigenvalue weighted by atomic mass is 35.5. The highest BCUT2D eigenvalue weighted by Gasteiger charge is 2.44. The number of halogens is 1. The molecule has 3 aliphatic rings. The third-order valence-corrected chi connectivity index (χ3v) is 14.8. The van der Waals surface area contributed by atoms with Crippen LogP contribution in [0.25, 0.3) is 27.0 Å². The quantitative estimate of drug-likeness (QED) is 0.131. The lowest BCUT2D eigenvalue weighted by Crippen LogP contribution is -2.49. The van der Waals surface area contributed by atoms with E-state index in [0.717, 1.165) is 71.2 Å². The van der Waals surface area contributed by atoms with Gasteiger partial charge in [0.15, 0.2) is 0 Å². The van der Waals surface area contributed by atoms with Crippen molar-refractivity contribution in [2.45, 2.75) is 103 Å². The summed E-state index contributed by atoms with van der Waals surface area (Å²) in [4.78, 5) is 56.1. The molecule has 0 radical (unpaired) electrons. The van der Waals surface area contributed by atoms with Crippen LogP contribution in [-0.2, 0) is 15.0 Å². The van der Waals surface area contributed by atoms with E-state index in [2.05, 4.69) is 86.2 Å². The molecule has 14 heteroatoms. The van der Waals surface area contributed by atoms with Gasteiger partial charge in [0, 0.05) is 25.6 Å². The van der Waals surface area contributed by atoms with Gasteiger partial charge < -0.3 is 24.7 Å². The highest BCUT2D eigenvalue weighted by Crippen LogP contribution is 2.48. The van der Waals surface area contributed by atoms with Gasteiger partial charge in [-0.3, -0.25) is 19.0 Å². The topological polar surface area (TPSA) is 147 Å². The van der Waals surface area contributed by atoms with Gasteiger partial charge in [-0.2, -0.15) is 4.98 Å². The molecule has 63 heavy (non-hydrogen) atoms. The third kappa shape index (κ3) is 7.91. The standard InChI is InChI=1S/C49H54ClN7O5S/c1-27(2)41(40-23-28(3)54-62-40)47(61)56-25-33(58)24-39(56)45(59)52-36(31-13-15-32(16-14-31)44-29(4)51-26-63-44)19-22-55-20-17-30(18-21-55)34-9-7-12-38-43(34)49(5,6)48-53-46(60)42-35(50)10-8-11-37(42)57(38)48/h7-16,23,26-27,30,33,36,39,41,58H,17-22,24-25H2,1-6H3,(H,52,59)/t33-,36+,39+,41?/m1/s1. The molecule has 328 valence electrons. The molecule has 2 N–H and O–H groups in total. The van der Waals surface area contributed by atoms with E-state index in [0.29, 0.717) is 34.2 Å². The van der Waals surface area contributed by atoms with Gasteiger partial charge in [-0.1, -0.05) is 73.1 Å². The fourth-order valence-electron chi connectivity index (χ4n) is 10.3. The zero-order valence-corrected chi connectivity index (χ0v) is 38.2. The van der Waals surface area contributed by atoms with Crippen molar-refractivity contribution in [3.05, 3.63) is 127 Å². The van der Waals surface area contributed by atoms with Crippen molar-refractivity contribution in [2.75, 3.05) is 26.2 Å². The number of β-amino-alcohol motifs (C(OH)–C–C–N with tert-alkyl or cyclic N) is 1. The lowest BCUT2D eigenvalue weighted by atomic mass is 9.77. The number of aryl methyl sites for hydroxylation is 2. The molecule has 0 bridgehead atoms. The van der Waals surface area contributed by atoms with E-state index in [1.807, 2.05) is 45.3 Å². The van der Waals surface area contributed by atoms with E-state index < -0.39 is 23.5 Å². The van der Waals surface area contributed by atoms with Gasteiger partial charge in [-0.15, -0.1) is 11.3 Å². The SMILES string of the molecule is Cc1cc(C(C(=O)N2C[C@H](O)C[C@H]2C(=O)N[C@@H](CCN2CCC(c3cccc4c3C(C)(C)c3nc(=O)c5c(Cl)cccc5n3-4)CC2)c2ccc(-c3scnc3C)cc2)C(C)C)on1. The molecule has 0 saturated carbocycles. The summed E-state index contributed by atoms with van der Waals surface area (Å²) >= 11 is 8.15. The Morgan fingerprint density at radius 1 is 1.05 bits per heavy atom. The third-order valence-electron chi connectivity index (χ3n) is 13.5. The van der Waals surface area contributed by atoms with Crippen molar-refractivity contribution in [1.29, 1.82) is 0 Å². The van der Waals surface area contributed by atoms with Crippen LogP contribution in [0.2, 0.25) is 5.02 Å². The number of rotatable bonds is 11. The van der Waals surface area contributed by atoms with Gasteiger partial charge in [0.25, 0.3) is 5.56 Å². The molecule has 0 aliphatic carbocycles. The van der Waals surface area contributed by atoms with E-state index in [1.54, 1.807) is 23.5 Å². The van der Waals surface area contributed by atoms with Crippen molar-refractivity contribution in [3.8, 4) is 16.1 Å². The summed E-state index contributed by atoms with van der Waals surface area (Å²) in [6.07, 6.45) is 1.91. The predicted molar refractivity (Wildman–Crippen MR) is 246 cm³/mol. The summed E-state index contributed by atoms with van der Waals surface area (Å²) in [6, 6.07) is 21.0. The Labute approximate surface area is 376 Å². The molecule has 3 aromatic carbocycles. The van der Waals surface area contributed by atoms with Crippen molar-refractivity contribution in [1.82, 2.24) is 34.8 Å². The number of likely N-dealkylation sites (tertiary alicyclic amines) is 2. The molecule has 1 unspecified atom stereocenters. The minimum absolute atomic E-state index is 0.0729. The zero-order chi connectivity index (χ0) is 44.3. The van der Waals surface area contributed by atoms with Crippen molar-refractivity contribution in [2.24, 2.45) is 5.92 Å². The molecule has 3 aromatic heterocycles. The summed E-state index contributed by atoms with van der Waals surface area (Å²) in [5.41, 5.74) is 9.09. The Hall–Kier alpha value is -5.21. The van der Waals surface area contributed by atoms with Crippen LogP contribution < -0.4 is 10.9 Å². The van der Waals surface area contributed by atoms with Crippen LogP contribution >= 0.6 is 22.9 Å². The number of piperidine rings is 1. The minimum Gasteiger partial charge on any atom is -0.391 e. The highest BCUT2D eigenvalue weighted by molar-refractivity contribution is 7.13. The monoisotopic (exact) mass is 887 g/mol. The average Bonchev–Trinajstić information content (AvgIpc) is 4.05. The molecule has 2 fully saturated rings. The number of thiazole rings is 1. The van der Waals surface area contributed by atoms with Crippen LogP contribution in [0.4, 0.5) is 0 Å².